The van der Waals surface area contributed by atoms with Crippen LogP contribution in [0.25, 0.3) is 11.0 Å². The molecular formula is C16H18N4O2S. The zero-order valence-electron chi connectivity index (χ0n) is 13.3. The Kier molecular flexibility index (Phi) is 4.47. The highest BCUT2D eigenvalue weighted by Crippen LogP contribution is 2.26. The van der Waals surface area contributed by atoms with E-state index in [2.05, 4.69) is 28.5 Å². The van der Waals surface area contributed by atoms with Gasteiger partial charge in [0, 0.05) is 17.2 Å². The van der Waals surface area contributed by atoms with Gasteiger partial charge in [0.05, 0.1) is 6.04 Å². The van der Waals surface area contributed by atoms with Gasteiger partial charge in [0.1, 0.15) is 5.58 Å². The van der Waals surface area contributed by atoms with Gasteiger partial charge in [0.2, 0.25) is 5.16 Å². The summed E-state index contributed by atoms with van der Waals surface area (Å²) in [6, 6.07) is 7.75. The summed E-state index contributed by atoms with van der Waals surface area (Å²) in [6.07, 6.45) is 0.905. The minimum Gasteiger partial charge on any atom is -0.423 e. The van der Waals surface area contributed by atoms with E-state index < -0.39 is 0 Å². The van der Waals surface area contributed by atoms with Gasteiger partial charge in [0.15, 0.2) is 0 Å². The van der Waals surface area contributed by atoms with E-state index in [1.54, 1.807) is 10.7 Å². The third-order valence-electron chi connectivity index (χ3n) is 3.61. The lowest BCUT2D eigenvalue weighted by Gasteiger charge is -2.08. The predicted octanol–water partition coefficient (Wildman–Crippen LogP) is 3.22. The SMILES string of the molecule is CCc1ccc2c(CSc3nnnn3C(C)C)cc(=O)oc2c1. The summed E-state index contributed by atoms with van der Waals surface area (Å²) in [4.78, 5) is 11.8. The van der Waals surface area contributed by atoms with E-state index in [1.807, 2.05) is 26.0 Å². The Morgan fingerprint density at radius 1 is 1.30 bits per heavy atom. The Balaban J connectivity index is 1.93. The summed E-state index contributed by atoms with van der Waals surface area (Å²) in [5.74, 6) is 0.612. The molecule has 3 rings (SSSR count). The third kappa shape index (κ3) is 3.29. The maximum absolute atomic E-state index is 11.8. The van der Waals surface area contributed by atoms with E-state index >= 15 is 0 Å². The number of aromatic nitrogens is 4. The molecule has 1 aromatic carbocycles. The van der Waals surface area contributed by atoms with Crippen molar-refractivity contribution in [1.29, 1.82) is 0 Å². The van der Waals surface area contributed by atoms with Gasteiger partial charge in [-0.05, 0) is 47.9 Å². The van der Waals surface area contributed by atoms with Crippen LogP contribution in [0, 0.1) is 0 Å². The van der Waals surface area contributed by atoms with E-state index in [4.69, 9.17) is 4.42 Å². The van der Waals surface area contributed by atoms with Crippen LogP contribution in [-0.2, 0) is 12.2 Å². The molecule has 3 aromatic rings. The molecule has 0 aliphatic carbocycles. The average molecular weight is 330 g/mol. The quantitative estimate of drug-likeness (QED) is 0.528. The summed E-state index contributed by atoms with van der Waals surface area (Å²) >= 11 is 1.51. The smallest absolute Gasteiger partial charge is 0.336 e. The monoisotopic (exact) mass is 330 g/mol. The normalized spacial score (nSPS) is 11.5. The van der Waals surface area contributed by atoms with E-state index in [1.165, 1.54) is 11.8 Å². The van der Waals surface area contributed by atoms with Crippen molar-refractivity contribution in [3.8, 4) is 0 Å². The maximum Gasteiger partial charge on any atom is 0.336 e. The second-order valence-electron chi connectivity index (χ2n) is 5.56. The lowest BCUT2D eigenvalue weighted by Crippen LogP contribution is -2.05. The molecule has 7 heteroatoms. The Morgan fingerprint density at radius 2 is 2.13 bits per heavy atom. The molecule has 0 spiro atoms. The van der Waals surface area contributed by atoms with Crippen molar-refractivity contribution < 1.29 is 4.42 Å². The van der Waals surface area contributed by atoms with E-state index in [-0.39, 0.29) is 11.7 Å². The predicted molar refractivity (Wildman–Crippen MR) is 89.6 cm³/mol. The van der Waals surface area contributed by atoms with Crippen LogP contribution < -0.4 is 5.63 Å². The lowest BCUT2D eigenvalue weighted by molar-refractivity contribution is 0.477. The molecular weight excluding hydrogens is 312 g/mol. The fourth-order valence-electron chi connectivity index (χ4n) is 2.36. The van der Waals surface area contributed by atoms with Crippen LogP contribution in [0.1, 0.15) is 37.9 Å². The second-order valence-corrected chi connectivity index (χ2v) is 6.51. The van der Waals surface area contributed by atoms with Crippen molar-refractivity contribution in [3.63, 3.8) is 0 Å². The summed E-state index contributed by atoms with van der Waals surface area (Å²) in [5, 5.41) is 13.4. The maximum atomic E-state index is 11.8. The molecule has 0 N–H and O–H groups in total. The van der Waals surface area contributed by atoms with Gasteiger partial charge in [-0.25, -0.2) is 9.48 Å². The minimum atomic E-state index is -0.329. The molecule has 0 aliphatic rings. The van der Waals surface area contributed by atoms with Gasteiger partial charge in [-0.3, -0.25) is 0 Å². The van der Waals surface area contributed by atoms with E-state index in [9.17, 15) is 4.79 Å². The summed E-state index contributed by atoms with van der Waals surface area (Å²) in [6.45, 7) is 6.13. The molecule has 0 bridgehead atoms. The molecule has 0 saturated carbocycles. The zero-order chi connectivity index (χ0) is 16.4. The van der Waals surface area contributed by atoms with E-state index in [0.29, 0.717) is 11.3 Å². The number of benzene rings is 1. The molecule has 0 amide bonds. The number of aryl methyl sites for hydroxylation is 1. The van der Waals surface area contributed by atoms with Crippen molar-refractivity contribution in [2.75, 3.05) is 0 Å². The number of tetrazole rings is 1. The number of thioether (sulfide) groups is 1. The van der Waals surface area contributed by atoms with Crippen molar-refractivity contribution in [3.05, 3.63) is 45.8 Å². The zero-order valence-corrected chi connectivity index (χ0v) is 14.1. The Hall–Kier alpha value is -2.15. The van der Waals surface area contributed by atoms with Crippen molar-refractivity contribution in [1.82, 2.24) is 20.2 Å². The first-order chi connectivity index (χ1) is 11.1. The second kappa shape index (κ2) is 6.54. The number of hydrogen-bond donors (Lipinski definition) is 0. The molecule has 2 heterocycles. The standard InChI is InChI=1S/C16H18N4O2S/c1-4-11-5-6-13-12(8-15(21)22-14(13)7-11)9-23-16-17-18-19-20(16)10(2)3/h5-8,10H,4,9H2,1-3H3. The highest BCUT2D eigenvalue weighted by molar-refractivity contribution is 7.98. The Bertz CT molecular complexity index is 885. The van der Waals surface area contributed by atoms with Crippen LogP contribution in [0.4, 0.5) is 0 Å². The van der Waals surface area contributed by atoms with E-state index in [0.717, 1.165) is 28.1 Å². The first-order valence-electron chi connectivity index (χ1n) is 7.54. The number of fused-ring (bicyclic) bond motifs is 1. The minimum absolute atomic E-state index is 0.192. The molecule has 6 nitrogen and oxygen atoms in total. The summed E-state index contributed by atoms with van der Waals surface area (Å²) in [7, 11) is 0. The van der Waals surface area contributed by atoms with Gasteiger partial charge in [-0.1, -0.05) is 30.8 Å². The first-order valence-corrected chi connectivity index (χ1v) is 8.53. The van der Waals surface area contributed by atoms with Crippen molar-refractivity contribution >= 4 is 22.7 Å². The average Bonchev–Trinajstić information content (AvgIpc) is 3.00. The summed E-state index contributed by atoms with van der Waals surface area (Å²) in [5.41, 5.74) is 2.39. The molecule has 23 heavy (non-hydrogen) atoms. The summed E-state index contributed by atoms with van der Waals surface area (Å²) < 4.78 is 7.10. The highest BCUT2D eigenvalue weighted by atomic mass is 32.2. The third-order valence-corrected chi connectivity index (χ3v) is 4.59. The number of nitrogens with zero attached hydrogens (tertiary/aromatic N) is 4. The molecule has 2 aromatic heterocycles. The molecule has 0 radical (unpaired) electrons. The Morgan fingerprint density at radius 3 is 2.87 bits per heavy atom. The first kappa shape index (κ1) is 15.7. The van der Waals surface area contributed by atoms with Gasteiger partial charge in [0.25, 0.3) is 0 Å². The van der Waals surface area contributed by atoms with Crippen LogP contribution in [0.15, 0.2) is 38.6 Å². The lowest BCUT2D eigenvalue weighted by atomic mass is 10.1. The van der Waals surface area contributed by atoms with Gasteiger partial charge in [-0.15, -0.1) is 5.10 Å². The van der Waals surface area contributed by atoms with Crippen LogP contribution in [0.3, 0.4) is 0 Å². The highest BCUT2D eigenvalue weighted by Gasteiger charge is 2.12. The van der Waals surface area contributed by atoms with Crippen LogP contribution in [-0.4, -0.2) is 20.2 Å². The number of rotatable bonds is 5. The van der Waals surface area contributed by atoms with Crippen LogP contribution in [0.2, 0.25) is 0 Å². The molecule has 120 valence electrons. The van der Waals surface area contributed by atoms with Gasteiger partial charge >= 0.3 is 5.63 Å². The van der Waals surface area contributed by atoms with Crippen molar-refractivity contribution in [2.24, 2.45) is 0 Å². The molecule has 0 saturated heterocycles. The molecule has 0 aliphatic heterocycles. The molecule has 0 unspecified atom stereocenters. The van der Waals surface area contributed by atoms with Gasteiger partial charge < -0.3 is 4.42 Å². The molecule has 0 fully saturated rings. The van der Waals surface area contributed by atoms with Crippen LogP contribution in [0.5, 0.6) is 0 Å². The van der Waals surface area contributed by atoms with Crippen molar-refractivity contribution in [2.45, 2.75) is 44.1 Å². The molecule has 0 atom stereocenters. The van der Waals surface area contributed by atoms with Crippen LogP contribution >= 0.6 is 11.8 Å². The number of hydrogen-bond acceptors (Lipinski definition) is 6. The fourth-order valence-corrected chi connectivity index (χ4v) is 3.36. The largest absolute Gasteiger partial charge is 0.423 e. The Labute approximate surface area is 137 Å². The fraction of sp³-hybridized carbons (Fsp3) is 0.375. The van der Waals surface area contributed by atoms with Gasteiger partial charge in [-0.2, -0.15) is 0 Å². The topological polar surface area (TPSA) is 73.8 Å².